The first-order valence-corrected chi connectivity index (χ1v) is 7.65. The number of carbonyl (C=O) groups excluding carboxylic acids is 2. The second kappa shape index (κ2) is 7.16. The summed E-state index contributed by atoms with van der Waals surface area (Å²) in [6.45, 7) is 3.77. The zero-order valence-corrected chi connectivity index (χ0v) is 13.0. The van der Waals surface area contributed by atoms with Gasteiger partial charge in [-0.1, -0.05) is 35.4 Å². The van der Waals surface area contributed by atoms with Crippen molar-refractivity contribution in [2.75, 3.05) is 0 Å². The molecule has 0 atom stereocenters. The van der Waals surface area contributed by atoms with Gasteiger partial charge in [0.25, 0.3) is 0 Å². The standard InChI is InChI=1S/C16H15O5P/c1-11-3-7-13(8-4-11)15(17)20-22(19)21-16(18)14-9-5-12(2)6-10-14/h3-10,19H,1-2H3. The first-order chi connectivity index (χ1) is 10.5. The Balaban J connectivity index is 1.93. The van der Waals surface area contributed by atoms with Gasteiger partial charge in [0.2, 0.25) is 0 Å². The summed E-state index contributed by atoms with van der Waals surface area (Å²) in [6.07, 6.45) is 0. The molecule has 0 radical (unpaired) electrons. The molecule has 114 valence electrons. The molecule has 0 spiro atoms. The molecule has 5 nitrogen and oxygen atoms in total. The monoisotopic (exact) mass is 318 g/mol. The van der Waals surface area contributed by atoms with E-state index in [0.29, 0.717) is 0 Å². The van der Waals surface area contributed by atoms with Crippen molar-refractivity contribution in [1.82, 2.24) is 0 Å². The van der Waals surface area contributed by atoms with Crippen LogP contribution in [0, 0.1) is 13.8 Å². The van der Waals surface area contributed by atoms with E-state index in [4.69, 9.17) is 9.05 Å². The molecule has 0 fully saturated rings. The smallest absolute Gasteiger partial charge is 0.381 e. The molecule has 1 N–H and O–H groups in total. The number of aryl methyl sites for hydroxylation is 2. The molecular formula is C16H15O5P. The highest BCUT2D eigenvalue weighted by Gasteiger charge is 2.21. The van der Waals surface area contributed by atoms with Crippen molar-refractivity contribution < 1.29 is 23.5 Å². The van der Waals surface area contributed by atoms with Gasteiger partial charge >= 0.3 is 20.5 Å². The van der Waals surface area contributed by atoms with E-state index in [1.807, 2.05) is 13.8 Å². The van der Waals surface area contributed by atoms with Crippen molar-refractivity contribution in [1.29, 1.82) is 0 Å². The second-order valence-corrected chi connectivity index (χ2v) is 5.57. The van der Waals surface area contributed by atoms with Gasteiger partial charge in [0.1, 0.15) is 0 Å². The largest absolute Gasteiger partial charge is 0.465 e. The van der Waals surface area contributed by atoms with Gasteiger partial charge in [-0.2, -0.15) is 0 Å². The average molecular weight is 318 g/mol. The quantitative estimate of drug-likeness (QED) is 0.873. The van der Waals surface area contributed by atoms with Gasteiger partial charge in [-0.25, -0.2) is 9.59 Å². The molecule has 0 aliphatic carbocycles. The molecule has 0 heterocycles. The Morgan fingerprint density at radius 3 is 1.41 bits per heavy atom. The lowest BCUT2D eigenvalue weighted by Gasteiger charge is -2.10. The first kappa shape index (κ1) is 16.1. The van der Waals surface area contributed by atoms with Gasteiger partial charge in [0.05, 0.1) is 11.1 Å². The third-order valence-electron chi connectivity index (χ3n) is 2.90. The topological polar surface area (TPSA) is 72.8 Å². The minimum Gasteiger partial charge on any atom is -0.381 e. The van der Waals surface area contributed by atoms with Crippen LogP contribution in [0.3, 0.4) is 0 Å². The number of rotatable bonds is 4. The van der Waals surface area contributed by atoms with E-state index in [1.54, 1.807) is 48.5 Å². The van der Waals surface area contributed by atoms with Gasteiger partial charge in [0.15, 0.2) is 0 Å². The van der Waals surface area contributed by atoms with Crippen LogP contribution in [0.4, 0.5) is 0 Å². The van der Waals surface area contributed by atoms with Gasteiger partial charge in [-0.3, -0.25) is 0 Å². The highest BCUT2D eigenvalue weighted by Crippen LogP contribution is 2.35. The summed E-state index contributed by atoms with van der Waals surface area (Å²) < 4.78 is 9.46. The summed E-state index contributed by atoms with van der Waals surface area (Å²) in [5.41, 5.74) is 2.54. The van der Waals surface area contributed by atoms with E-state index in [0.717, 1.165) is 11.1 Å². The van der Waals surface area contributed by atoms with Crippen molar-refractivity contribution in [3.05, 3.63) is 70.8 Å². The maximum Gasteiger partial charge on any atom is 0.465 e. The molecule has 0 amide bonds. The minimum atomic E-state index is -2.62. The molecule has 0 unspecified atom stereocenters. The van der Waals surface area contributed by atoms with E-state index < -0.39 is 20.5 Å². The number of benzene rings is 2. The van der Waals surface area contributed by atoms with Crippen molar-refractivity contribution in [3.63, 3.8) is 0 Å². The van der Waals surface area contributed by atoms with Gasteiger partial charge in [-0.15, -0.1) is 0 Å². The normalized spacial score (nSPS) is 10.4. The highest BCUT2D eigenvalue weighted by atomic mass is 31.2. The lowest BCUT2D eigenvalue weighted by atomic mass is 10.2. The summed E-state index contributed by atoms with van der Waals surface area (Å²) in [5.74, 6) is -1.49. The third-order valence-corrected chi connectivity index (χ3v) is 3.54. The molecule has 2 aromatic rings. The third kappa shape index (κ3) is 4.38. The fourth-order valence-corrected chi connectivity index (χ4v) is 2.18. The van der Waals surface area contributed by atoms with E-state index in [2.05, 4.69) is 0 Å². The van der Waals surface area contributed by atoms with Gasteiger partial charge in [-0.05, 0) is 38.1 Å². The van der Waals surface area contributed by atoms with Crippen LogP contribution < -0.4 is 0 Å². The van der Waals surface area contributed by atoms with Crippen LogP contribution in [0.2, 0.25) is 0 Å². The predicted octanol–water partition coefficient (Wildman–Crippen LogP) is 3.54. The predicted molar refractivity (Wildman–Crippen MR) is 82.3 cm³/mol. The fraction of sp³-hybridized carbons (Fsp3) is 0.125. The van der Waals surface area contributed by atoms with Crippen LogP contribution in [0.15, 0.2) is 48.5 Å². The average Bonchev–Trinajstić information content (AvgIpc) is 2.48. The molecule has 0 aliphatic rings. The van der Waals surface area contributed by atoms with E-state index in [9.17, 15) is 14.5 Å². The molecule has 6 heteroatoms. The van der Waals surface area contributed by atoms with Crippen LogP contribution >= 0.6 is 8.60 Å². The Labute approximate surface area is 129 Å². The maximum atomic E-state index is 11.8. The summed E-state index contributed by atoms with van der Waals surface area (Å²) in [5, 5.41) is 0. The highest BCUT2D eigenvalue weighted by molar-refractivity contribution is 7.41. The molecule has 22 heavy (non-hydrogen) atoms. The first-order valence-electron chi connectivity index (χ1n) is 6.52. The van der Waals surface area contributed by atoms with Crippen molar-refractivity contribution >= 4 is 20.5 Å². The van der Waals surface area contributed by atoms with Crippen LogP contribution in [0.1, 0.15) is 31.8 Å². The molecular weight excluding hydrogens is 303 g/mol. The van der Waals surface area contributed by atoms with Crippen LogP contribution in [-0.2, 0) is 9.05 Å². The Morgan fingerprint density at radius 2 is 1.09 bits per heavy atom. The molecule has 0 bridgehead atoms. The molecule has 0 aliphatic heterocycles. The van der Waals surface area contributed by atoms with E-state index in [-0.39, 0.29) is 11.1 Å². The summed E-state index contributed by atoms with van der Waals surface area (Å²) in [6, 6.07) is 13.3. The Kier molecular flexibility index (Phi) is 5.26. The Hall–Kier alpha value is -2.23. The molecule has 2 aromatic carbocycles. The van der Waals surface area contributed by atoms with Crippen molar-refractivity contribution in [3.8, 4) is 0 Å². The summed E-state index contributed by atoms with van der Waals surface area (Å²) in [4.78, 5) is 33.1. The Morgan fingerprint density at radius 1 is 0.773 bits per heavy atom. The molecule has 2 rings (SSSR count). The van der Waals surface area contributed by atoms with Crippen molar-refractivity contribution in [2.24, 2.45) is 0 Å². The lowest BCUT2D eigenvalue weighted by Crippen LogP contribution is -2.07. The Bertz CT molecular complexity index is 604. The van der Waals surface area contributed by atoms with Crippen LogP contribution in [-0.4, -0.2) is 16.8 Å². The van der Waals surface area contributed by atoms with E-state index in [1.165, 1.54) is 0 Å². The maximum absolute atomic E-state index is 11.8. The SMILES string of the molecule is Cc1ccc(C(=O)OP(O)OC(=O)c2ccc(C)cc2)cc1. The van der Waals surface area contributed by atoms with Gasteiger partial charge < -0.3 is 13.9 Å². The van der Waals surface area contributed by atoms with Crippen LogP contribution in [0.25, 0.3) is 0 Å². The zero-order chi connectivity index (χ0) is 16.1. The fourth-order valence-electron chi connectivity index (χ4n) is 1.65. The lowest BCUT2D eigenvalue weighted by molar-refractivity contribution is 0.0626. The van der Waals surface area contributed by atoms with Crippen LogP contribution in [0.5, 0.6) is 0 Å². The molecule has 0 saturated carbocycles. The number of carbonyl (C=O) groups is 2. The minimum absolute atomic E-state index is 0.276. The van der Waals surface area contributed by atoms with Crippen molar-refractivity contribution in [2.45, 2.75) is 13.8 Å². The molecule has 0 aromatic heterocycles. The summed E-state index contributed by atoms with van der Waals surface area (Å²) in [7, 11) is -2.62. The molecule has 0 saturated heterocycles. The van der Waals surface area contributed by atoms with E-state index >= 15 is 0 Å². The van der Waals surface area contributed by atoms with Gasteiger partial charge in [0, 0.05) is 0 Å². The zero-order valence-electron chi connectivity index (χ0n) is 12.1. The number of hydrogen-bond donors (Lipinski definition) is 1. The summed E-state index contributed by atoms with van der Waals surface area (Å²) >= 11 is 0. The second-order valence-electron chi connectivity index (χ2n) is 4.73. The number of hydrogen-bond acceptors (Lipinski definition) is 5.